The van der Waals surface area contributed by atoms with E-state index in [0.29, 0.717) is 11.3 Å². The van der Waals surface area contributed by atoms with E-state index in [1.807, 2.05) is 6.07 Å². The Kier molecular flexibility index (Phi) is 7.47. The van der Waals surface area contributed by atoms with Crippen molar-refractivity contribution in [3.63, 3.8) is 0 Å². The van der Waals surface area contributed by atoms with Crippen molar-refractivity contribution >= 4 is 0 Å². The van der Waals surface area contributed by atoms with Crippen molar-refractivity contribution in [3.05, 3.63) is 60.2 Å². The summed E-state index contributed by atoms with van der Waals surface area (Å²) in [4.78, 5) is 0. The van der Waals surface area contributed by atoms with Crippen LogP contribution in [0.3, 0.4) is 0 Å². The Morgan fingerprint density at radius 3 is 2.57 bits per heavy atom. The molecule has 1 atom stereocenters. The third-order valence-corrected chi connectivity index (χ3v) is 7.18. The first-order valence-electron chi connectivity index (χ1n) is 12.0. The Bertz CT molecular complexity index is 770. The molecule has 1 spiro atoms. The van der Waals surface area contributed by atoms with Crippen LogP contribution >= 0.6 is 0 Å². The van der Waals surface area contributed by atoms with Crippen LogP contribution in [-0.2, 0) is 9.47 Å². The smallest absolute Gasteiger partial charge is 0.174 e. The molecule has 0 radical (unpaired) electrons. The molecular weight excluding hydrogens is 368 g/mol. The van der Waals surface area contributed by atoms with Gasteiger partial charge in [0.05, 0.1) is 13.2 Å². The van der Waals surface area contributed by atoms with E-state index in [1.54, 1.807) is 0 Å². The average Bonchev–Trinajstić information content (AvgIpc) is 3.21. The van der Waals surface area contributed by atoms with Crippen molar-refractivity contribution in [1.82, 2.24) is 0 Å². The maximum Gasteiger partial charge on any atom is 0.174 e. The minimum Gasteiger partial charge on any atom is -0.347 e. The van der Waals surface area contributed by atoms with Gasteiger partial charge < -0.3 is 9.47 Å². The molecule has 1 aliphatic heterocycles. The van der Waals surface area contributed by atoms with Gasteiger partial charge in [0.25, 0.3) is 0 Å². The molecule has 30 heavy (non-hydrogen) atoms. The van der Waals surface area contributed by atoms with Crippen molar-refractivity contribution in [1.29, 1.82) is 0 Å². The number of ether oxygens (including phenoxy) is 2. The Balaban J connectivity index is 1.19. The van der Waals surface area contributed by atoms with E-state index < -0.39 is 0 Å². The standard InChI is InChI=1S/C28H36O2/c1(2-7-16-26-17-8-10-22-28(26)29-23-24-30-28)3-9-18-27(20-12-21-27)19-11-15-25-13-5-4-6-14-25/h1-2,4-7,13-14,16,26H,3,8-10,12,17-24H2/b2-1+,16-7+. The molecule has 0 N–H and O–H groups in total. The molecule has 3 aliphatic rings. The van der Waals surface area contributed by atoms with Crippen LogP contribution in [0.1, 0.15) is 76.2 Å². The van der Waals surface area contributed by atoms with Gasteiger partial charge in [0, 0.05) is 24.3 Å². The van der Waals surface area contributed by atoms with Gasteiger partial charge in [0.2, 0.25) is 0 Å². The summed E-state index contributed by atoms with van der Waals surface area (Å²) in [5.41, 5.74) is 1.62. The maximum atomic E-state index is 6.00. The number of allylic oxidation sites excluding steroid dienone is 3. The quantitative estimate of drug-likeness (QED) is 0.282. The van der Waals surface area contributed by atoms with Gasteiger partial charge in [0.15, 0.2) is 5.79 Å². The van der Waals surface area contributed by atoms with Crippen molar-refractivity contribution < 1.29 is 9.47 Å². The molecule has 1 aromatic rings. The van der Waals surface area contributed by atoms with E-state index in [9.17, 15) is 0 Å². The summed E-state index contributed by atoms with van der Waals surface area (Å²) in [6.45, 7) is 1.50. The Morgan fingerprint density at radius 2 is 1.80 bits per heavy atom. The highest BCUT2D eigenvalue weighted by Crippen LogP contribution is 2.47. The van der Waals surface area contributed by atoms with E-state index in [-0.39, 0.29) is 5.79 Å². The van der Waals surface area contributed by atoms with Crippen LogP contribution in [0.5, 0.6) is 0 Å². The summed E-state index contributed by atoms with van der Waals surface area (Å²) in [6.07, 6.45) is 22.6. The lowest BCUT2D eigenvalue weighted by atomic mass is 9.64. The summed E-state index contributed by atoms with van der Waals surface area (Å²) in [5, 5.41) is 0. The second kappa shape index (κ2) is 10.5. The fraction of sp³-hybridized carbons (Fsp3) is 0.571. The minimum absolute atomic E-state index is 0.319. The molecule has 2 nitrogen and oxygen atoms in total. The molecule has 1 unspecified atom stereocenters. The molecule has 0 aromatic heterocycles. The second-order valence-corrected chi connectivity index (χ2v) is 9.26. The number of hydrogen-bond donors (Lipinski definition) is 0. The molecule has 2 heteroatoms. The van der Waals surface area contributed by atoms with Crippen LogP contribution in [0.4, 0.5) is 0 Å². The van der Waals surface area contributed by atoms with Crippen molar-refractivity contribution in [2.45, 2.75) is 76.4 Å². The van der Waals surface area contributed by atoms with Crippen LogP contribution in [0, 0.1) is 23.2 Å². The Labute approximate surface area is 182 Å². The van der Waals surface area contributed by atoms with Crippen LogP contribution in [0.2, 0.25) is 0 Å². The predicted octanol–water partition coefficient (Wildman–Crippen LogP) is 6.81. The fourth-order valence-electron chi connectivity index (χ4n) is 5.23. The Morgan fingerprint density at radius 1 is 0.967 bits per heavy atom. The highest BCUT2D eigenvalue weighted by atomic mass is 16.7. The zero-order chi connectivity index (χ0) is 20.5. The number of hydrogen-bond acceptors (Lipinski definition) is 2. The second-order valence-electron chi connectivity index (χ2n) is 9.26. The summed E-state index contributed by atoms with van der Waals surface area (Å²) < 4.78 is 12.0. The maximum absolute atomic E-state index is 6.00. The average molecular weight is 405 g/mol. The topological polar surface area (TPSA) is 18.5 Å². The van der Waals surface area contributed by atoms with E-state index >= 15 is 0 Å². The third kappa shape index (κ3) is 5.45. The fourth-order valence-corrected chi connectivity index (χ4v) is 5.23. The first kappa shape index (κ1) is 21.4. The highest BCUT2D eigenvalue weighted by Gasteiger charge is 2.44. The molecule has 2 aliphatic carbocycles. The van der Waals surface area contributed by atoms with Gasteiger partial charge in [-0.1, -0.05) is 67.2 Å². The number of benzene rings is 1. The van der Waals surface area contributed by atoms with Gasteiger partial charge in [-0.2, -0.15) is 0 Å². The monoisotopic (exact) mass is 404 g/mol. The van der Waals surface area contributed by atoms with Crippen molar-refractivity contribution in [3.8, 4) is 11.8 Å². The zero-order valence-corrected chi connectivity index (χ0v) is 18.3. The normalized spacial score (nSPS) is 24.7. The first-order valence-corrected chi connectivity index (χ1v) is 12.0. The molecule has 2 saturated carbocycles. The summed E-state index contributed by atoms with van der Waals surface area (Å²) in [6, 6.07) is 10.4. The lowest BCUT2D eigenvalue weighted by Gasteiger charge is -2.41. The molecule has 1 aromatic carbocycles. The van der Waals surface area contributed by atoms with Gasteiger partial charge in [0.1, 0.15) is 0 Å². The molecule has 1 heterocycles. The molecule has 3 fully saturated rings. The van der Waals surface area contributed by atoms with E-state index in [0.717, 1.165) is 38.0 Å². The largest absolute Gasteiger partial charge is 0.347 e. The van der Waals surface area contributed by atoms with Gasteiger partial charge in [-0.25, -0.2) is 0 Å². The molecule has 0 bridgehead atoms. The molecule has 0 amide bonds. The van der Waals surface area contributed by atoms with E-state index in [2.05, 4.69) is 60.4 Å². The summed E-state index contributed by atoms with van der Waals surface area (Å²) in [5.74, 6) is 6.89. The molecule has 1 saturated heterocycles. The van der Waals surface area contributed by atoms with Gasteiger partial charge in [-0.05, 0) is 62.5 Å². The SMILES string of the molecule is C(#Cc1ccccc1)CC1(CCC/C=C/C=C/C2CCCCC23OCCO3)CCC1. The highest BCUT2D eigenvalue weighted by molar-refractivity contribution is 5.33. The summed E-state index contributed by atoms with van der Waals surface area (Å²) in [7, 11) is 0. The van der Waals surface area contributed by atoms with Crippen molar-refractivity contribution in [2.75, 3.05) is 13.2 Å². The predicted molar refractivity (Wildman–Crippen MR) is 123 cm³/mol. The Hall–Kier alpha value is -1.82. The zero-order valence-electron chi connectivity index (χ0n) is 18.3. The minimum atomic E-state index is -0.319. The van der Waals surface area contributed by atoms with E-state index in [1.165, 1.54) is 51.4 Å². The van der Waals surface area contributed by atoms with Crippen LogP contribution in [0.15, 0.2) is 54.6 Å². The number of rotatable bonds is 7. The van der Waals surface area contributed by atoms with Crippen LogP contribution in [0.25, 0.3) is 0 Å². The van der Waals surface area contributed by atoms with E-state index in [4.69, 9.17) is 9.47 Å². The number of unbranched alkanes of at least 4 members (excludes halogenated alkanes) is 1. The third-order valence-electron chi connectivity index (χ3n) is 7.18. The van der Waals surface area contributed by atoms with Gasteiger partial charge in [-0.3, -0.25) is 0 Å². The molecule has 4 rings (SSSR count). The van der Waals surface area contributed by atoms with Gasteiger partial charge in [-0.15, -0.1) is 0 Å². The molecular formula is C28H36O2. The first-order chi connectivity index (χ1) is 14.8. The van der Waals surface area contributed by atoms with Gasteiger partial charge >= 0.3 is 0 Å². The lowest BCUT2D eigenvalue weighted by molar-refractivity contribution is -0.200. The van der Waals surface area contributed by atoms with Crippen LogP contribution in [-0.4, -0.2) is 19.0 Å². The summed E-state index contributed by atoms with van der Waals surface area (Å²) >= 11 is 0. The lowest BCUT2D eigenvalue weighted by Crippen LogP contribution is -2.40. The van der Waals surface area contributed by atoms with Crippen molar-refractivity contribution in [2.24, 2.45) is 11.3 Å². The van der Waals surface area contributed by atoms with Crippen LogP contribution < -0.4 is 0 Å². The molecule has 160 valence electrons.